The smallest absolute Gasteiger partial charge is 0.277 e. The molecule has 6 heteroatoms. The summed E-state index contributed by atoms with van der Waals surface area (Å²) in [5.41, 5.74) is 0. The van der Waals surface area contributed by atoms with Crippen LogP contribution in [-0.2, 0) is 0 Å². The van der Waals surface area contributed by atoms with Crippen molar-refractivity contribution >= 4 is 23.5 Å². The molecule has 2 N–H and O–H groups in total. The molecular formula is C3H5ClF3NS. The molecule has 0 bridgehead atoms. The lowest BCUT2D eigenvalue weighted by atomic mass is 10.5. The van der Waals surface area contributed by atoms with Crippen LogP contribution in [-0.4, -0.2) is 17.3 Å². The van der Waals surface area contributed by atoms with Crippen molar-refractivity contribution in [2.45, 2.75) is 11.4 Å². The SMILES string of the molecule is NSC(CCl)C(F)(F)F. The fourth-order valence-corrected chi connectivity index (χ4v) is 0.821. The second-order valence-electron chi connectivity index (χ2n) is 1.32. The van der Waals surface area contributed by atoms with E-state index in [0.717, 1.165) is 0 Å². The van der Waals surface area contributed by atoms with Crippen LogP contribution in [0.5, 0.6) is 0 Å². The third-order valence-electron chi connectivity index (χ3n) is 0.669. The first kappa shape index (κ1) is 9.39. The maximum absolute atomic E-state index is 11.5. The van der Waals surface area contributed by atoms with Gasteiger partial charge in [0.1, 0.15) is 5.25 Å². The van der Waals surface area contributed by atoms with Crippen molar-refractivity contribution in [1.82, 2.24) is 0 Å². The van der Waals surface area contributed by atoms with Crippen LogP contribution in [0.1, 0.15) is 0 Å². The molecule has 0 saturated carbocycles. The molecule has 0 aliphatic carbocycles. The van der Waals surface area contributed by atoms with E-state index in [1.807, 2.05) is 0 Å². The second-order valence-corrected chi connectivity index (χ2v) is 2.47. The molecule has 0 aliphatic rings. The summed E-state index contributed by atoms with van der Waals surface area (Å²) >= 11 is 5.15. The Bertz CT molecular complexity index is 81.6. The highest BCUT2D eigenvalue weighted by molar-refractivity contribution is 7.97. The Balaban J connectivity index is 3.79. The van der Waals surface area contributed by atoms with Gasteiger partial charge in [-0.05, 0) is 0 Å². The average Bonchev–Trinajstić information content (AvgIpc) is 1.65. The Hall–Kier alpha value is 0.390. The molecule has 0 amide bonds. The van der Waals surface area contributed by atoms with Gasteiger partial charge in [0.25, 0.3) is 0 Å². The van der Waals surface area contributed by atoms with Gasteiger partial charge >= 0.3 is 6.18 Å². The molecule has 0 aliphatic heterocycles. The third kappa shape index (κ3) is 3.17. The maximum atomic E-state index is 11.5. The predicted molar refractivity (Wildman–Crippen MR) is 32.3 cm³/mol. The molecular weight excluding hydrogens is 175 g/mol. The highest BCUT2D eigenvalue weighted by Crippen LogP contribution is 2.27. The topological polar surface area (TPSA) is 26.0 Å². The van der Waals surface area contributed by atoms with Crippen molar-refractivity contribution in [1.29, 1.82) is 0 Å². The molecule has 0 radical (unpaired) electrons. The van der Waals surface area contributed by atoms with E-state index in [2.05, 4.69) is 5.14 Å². The fourth-order valence-electron chi connectivity index (χ4n) is 0.201. The lowest BCUT2D eigenvalue weighted by Gasteiger charge is -2.13. The molecule has 1 atom stereocenters. The van der Waals surface area contributed by atoms with E-state index in [9.17, 15) is 13.2 Å². The van der Waals surface area contributed by atoms with Crippen LogP contribution >= 0.6 is 23.5 Å². The summed E-state index contributed by atoms with van der Waals surface area (Å²) in [5.74, 6) is -0.495. The van der Waals surface area contributed by atoms with Gasteiger partial charge in [-0.2, -0.15) is 13.2 Å². The molecule has 0 saturated heterocycles. The molecule has 0 aromatic carbocycles. The van der Waals surface area contributed by atoms with Gasteiger partial charge in [0, 0.05) is 5.88 Å². The lowest BCUT2D eigenvalue weighted by Crippen LogP contribution is -2.28. The minimum Gasteiger partial charge on any atom is -0.277 e. The zero-order valence-electron chi connectivity index (χ0n) is 4.28. The first-order valence-electron chi connectivity index (χ1n) is 2.00. The summed E-state index contributed by atoms with van der Waals surface area (Å²) in [7, 11) is 0. The summed E-state index contributed by atoms with van der Waals surface area (Å²) < 4.78 is 34.6. The van der Waals surface area contributed by atoms with Crippen LogP contribution in [0, 0.1) is 0 Å². The highest BCUT2D eigenvalue weighted by atomic mass is 35.5. The summed E-state index contributed by atoms with van der Waals surface area (Å²) in [6, 6.07) is 0. The molecule has 0 fully saturated rings. The van der Waals surface area contributed by atoms with E-state index < -0.39 is 17.3 Å². The lowest BCUT2D eigenvalue weighted by molar-refractivity contribution is -0.124. The van der Waals surface area contributed by atoms with Crippen molar-refractivity contribution < 1.29 is 13.2 Å². The van der Waals surface area contributed by atoms with E-state index in [4.69, 9.17) is 11.6 Å². The summed E-state index contributed by atoms with van der Waals surface area (Å²) in [6.45, 7) is 0. The predicted octanol–water partition coefficient (Wildman–Crippen LogP) is 1.76. The van der Waals surface area contributed by atoms with Crippen LogP contribution in [0.4, 0.5) is 13.2 Å². The van der Waals surface area contributed by atoms with E-state index >= 15 is 0 Å². The number of alkyl halides is 4. The Morgan fingerprint density at radius 2 is 2.00 bits per heavy atom. The zero-order chi connectivity index (χ0) is 7.49. The van der Waals surface area contributed by atoms with Gasteiger partial charge in [-0.15, -0.1) is 11.6 Å². The van der Waals surface area contributed by atoms with Crippen LogP contribution < -0.4 is 5.14 Å². The first-order valence-corrected chi connectivity index (χ1v) is 3.48. The number of hydrogen-bond acceptors (Lipinski definition) is 2. The first-order chi connectivity index (χ1) is 4.02. The minimum atomic E-state index is -4.28. The van der Waals surface area contributed by atoms with E-state index in [0.29, 0.717) is 0 Å². The molecule has 1 unspecified atom stereocenters. The van der Waals surface area contributed by atoms with Crippen LogP contribution in [0.25, 0.3) is 0 Å². The van der Waals surface area contributed by atoms with Crippen LogP contribution in [0.15, 0.2) is 0 Å². The Kier molecular flexibility index (Phi) is 3.68. The molecule has 0 aromatic rings. The molecule has 56 valence electrons. The highest BCUT2D eigenvalue weighted by Gasteiger charge is 2.38. The van der Waals surface area contributed by atoms with E-state index in [1.54, 1.807) is 0 Å². The molecule has 0 rings (SSSR count). The minimum absolute atomic E-state index is 0.220. The maximum Gasteiger partial charge on any atom is 0.402 e. The summed E-state index contributed by atoms with van der Waals surface area (Å²) in [6.07, 6.45) is -4.28. The Morgan fingerprint density at radius 1 is 1.56 bits per heavy atom. The van der Waals surface area contributed by atoms with Gasteiger partial charge in [-0.3, -0.25) is 5.14 Å². The Morgan fingerprint density at radius 3 is 2.00 bits per heavy atom. The molecule has 9 heavy (non-hydrogen) atoms. The van der Waals surface area contributed by atoms with Crippen LogP contribution in [0.3, 0.4) is 0 Å². The average molecular weight is 180 g/mol. The monoisotopic (exact) mass is 179 g/mol. The summed E-state index contributed by atoms with van der Waals surface area (Å²) in [5, 5.41) is 3.04. The standard InChI is InChI=1S/C3H5ClF3NS/c4-1-2(9-8)3(5,6)7/h2H,1,8H2. The van der Waals surface area contributed by atoms with Crippen molar-refractivity contribution in [3.05, 3.63) is 0 Å². The number of rotatable bonds is 2. The quantitative estimate of drug-likeness (QED) is 0.517. The zero-order valence-corrected chi connectivity index (χ0v) is 5.85. The number of halogens is 4. The van der Waals surface area contributed by atoms with Crippen molar-refractivity contribution in [3.63, 3.8) is 0 Å². The van der Waals surface area contributed by atoms with Crippen LogP contribution in [0.2, 0.25) is 0 Å². The van der Waals surface area contributed by atoms with Gasteiger partial charge in [0.05, 0.1) is 0 Å². The fraction of sp³-hybridized carbons (Fsp3) is 1.00. The van der Waals surface area contributed by atoms with Crippen molar-refractivity contribution in [3.8, 4) is 0 Å². The Labute approximate surface area is 59.9 Å². The molecule has 0 heterocycles. The number of nitrogens with two attached hydrogens (primary N) is 1. The second kappa shape index (κ2) is 3.53. The molecule has 1 nitrogen and oxygen atoms in total. The largest absolute Gasteiger partial charge is 0.402 e. The summed E-state index contributed by atoms with van der Waals surface area (Å²) in [4.78, 5) is 0. The van der Waals surface area contributed by atoms with Crippen molar-refractivity contribution in [2.24, 2.45) is 5.14 Å². The third-order valence-corrected chi connectivity index (χ3v) is 1.92. The van der Waals surface area contributed by atoms with Gasteiger partial charge in [-0.25, -0.2) is 0 Å². The van der Waals surface area contributed by atoms with Crippen molar-refractivity contribution in [2.75, 3.05) is 5.88 Å². The van der Waals surface area contributed by atoms with Gasteiger partial charge in [0.2, 0.25) is 0 Å². The van der Waals surface area contributed by atoms with Gasteiger partial charge in [-0.1, -0.05) is 11.9 Å². The molecule has 0 spiro atoms. The van der Waals surface area contributed by atoms with E-state index in [1.165, 1.54) is 0 Å². The van der Waals surface area contributed by atoms with E-state index in [-0.39, 0.29) is 11.9 Å². The van der Waals surface area contributed by atoms with Gasteiger partial charge in [0.15, 0.2) is 0 Å². The normalized spacial score (nSPS) is 15.7. The molecule has 0 aromatic heterocycles. The van der Waals surface area contributed by atoms with Gasteiger partial charge < -0.3 is 0 Å². The number of hydrogen-bond donors (Lipinski definition) is 1.